The van der Waals surface area contributed by atoms with Crippen molar-refractivity contribution in [2.75, 3.05) is 14.2 Å². The van der Waals surface area contributed by atoms with E-state index in [1.807, 2.05) is 0 Å². The number of aliphatic hydroxyl groups excluding tert-OH is 1. The number of methoxy groups -OCH3 is 2. The van der Waals surface area contributed by atoms with E-state index in [1.54, 1.807) is 6.92 Å². The van der Waals surface area contributed by atoms with Gasteiger partial charge in [-0.1, -0.05) is 0 Å². The lowest BCUT2D eigenvalue weighted by Gasteiger charge is -2.14. The highest BCUT2D eigenvalue weighted by atomic mass is 19.1. The molecule has 0 heterocycles. The van der Waals surface area contributed by atoms with Gasteiger partial charge >= 0.3 is 0 Å². The maximum atomic E-state index is 13.1. The SMILES string of the molecule is COc1cc(F)cc(OC)c1CC(C)O. The molecular weight excluding hydrogens is 199 g/mol. The van der Waals surface area contributed by atoms with Crippen LogP contribution in [-0.4, -0.2) is 25.4 Å². The fourth-order valence-electron chi connectivity index (χ4n) is 1.45. The second kappa shape index (κ2) is 4.98. The summed E-state index contributed by atoms with van der Waals surface area (Å²) in [6.45, 7) is 1.65. The van der Waals surface area contributed by atoms with E-state index in [-0.39, 0.29) is 0 Å². The number of hydrogen-bond acceptors (Lipinski definition) is 3. The van der Waals surface area contributed by atoms with Gasteiger partial charge in [0.15, 0.2) is 0 Å². The summed E-state index contributed by atoms with van der Waals surface area (Å²) in [6, 6.07) is 2.56. The highest BCUT2D eigenvalue weighted by Gasteiger charge is 2.14. The third kappa shape index (κ3) is 2.83. The quantitative estimate of drug-likeness (QED) is 0.830. The molecule has 0 bridgehead atoms. The molecule has 1 aromatic carbocycles. The first-order chi connectivity index (χ1) is 7.08. The first-order valence-electron chi connectivity index (χ1n) is 4.67. The van der Waals surface area contributed by atoms with Gasteiger partial charge in [0.25, 0.3) is 0 Å². The largest absolute Gasteiger partial charge is 0.496 e. The van der Waals surface area contributed by atoms with E-state index >= 15 is 0 Å². The Hall–Kier alpha value is -1.29. The molecule has 0 spiro atoms. The van der Waals surface area contributed by atoms with E-state index < -0.39 is 11.9 Å². The van der Waals surface area contributed by atoms with Gasteiger partial charge in [0.05, 0.1) is 20.3 Å². The van der Waals surface area contributed by atoms with Crippen LogP contribution in [0.15, 0.2) is 12.1 Å². The van der Waals surface area contributed by atoms with Gasteiger partial charge in [0.1, 0.15) is 17.3 Å². The average molecular weight is 214 g/mol. The van der Waals surface area contributed by atoms with Crippen molar-refractivity contribution in [3.8, 4) is 11.5 Å². The molecule has 0 fully saturated rings. The third-order valence-corrected chi connectivity index (χ3v) is 2.07. The van der Waals surface area contributed by atoms with E-state index in [2.05, 4.69) is 0 Å². The Morgan fingerprint density at radius 2 is 1.73 bits per heavy atom. The molecule has 1 rings (SSSR count). The molecule has 1 atom stereocenters. The fraction of sp³-hybridized carbons (Fsp3) is 0.455. The molecule has 3 nitrogen and oxygen atoms in total. The molecule has 1 N–H and O–H groups in total. The van der Waals surface area contributed by atoms with Crippen molar-refractivity contribution in [2.24, 2.45) is 0 Å². The van der Waals surface area contributed by atoms with Gasteiger partial charge in [-0.3, -0.25) is 0 Å². The van der Waals surface area contributed by atoms with Crippen molar-refractivity contribution in [3.63, 3.8) is 0 Å². The molecule has 0 aliphatic rings. The molecule has 15 heavy (non-hydrogen) atoms. The van der Waals surface area contributed by atoms with Gasteiger partial charge < -0.3 is 14.6 Å². The summed E-state index contributed by atoms with van der Waals surface area (Å²) < 4.78 is 23.2. The average Bonchev–Trinajstić information content (AvgIpc) is 2.19. The number of benzene rings is 1. The first-order valence-corrected chi connectivity index (χ1v) is 4.67. The Morgan fingerprint density at radius 1 is 1.27 bits per heavy atom. The molecule has 0 aromatic heterocycles. The van der Waals surface area contributed by atoms with Crippen LogP contribution in [0.1, 0.15) is 12.5 Å². The molecule has 0 radical (unpaired) electrons. The van der Waals surface area contributed by atoms with Crippen LogP contribution in [0.25, 0.3) is 0 Å². The molecular formula is C11H15FO3. The Kier molecular flexibility index (Phi) is 3.91. The number of halogens is 1. The van der Waals surface area contributed by atoms with Crippen molar-refractivity contribution in [2.45, 2.75) is 19.4 Å². The predicted octanol–water partition coefficient (Wildman–Crippen LogP) is 1.77. The summed E-state index contributed by atoms with van der Waals surface area (Å²) in [5.74, 6) is 0.374. The highest BCUT2D eigenvalue weighted by Crippen LogP contribution is 2.30. The zero-order chi connectivity index (χ0) is 11.4. The van der Waals surface area contributed by atoms with Gasteiger partial charge in [-0.25, -0.2) is 4.39 Å². The summed E-state index contributed by atoms with van der Waals surface area (Å²) in [7, 11) is 2.92. The summed E-state index contributed by atoms with van der Waals surface area (Å²) in [6.07, 6.45) is -0.162. The Labute approximate surface area is 88.4 Å². The van der Waals surface area contributed by atoms with Gasteiger partial charge in [0, 0.05) is 24.1 Å². The van der Waals surface area contributed by atoms with Crippen LogP contribution >= 0.6 is 0 Å². The van der Waals surface area contributed by atoms with Gasteiger partial charge in [-0.2, -0.15) is 0 Å². The number of hydrogen-bond donors (Lipinski definition) is 1. The molecule has 0 amide bonds. The van der Waals surface area contributed by atoms with E-state index in [4.69, 9.17) is 9.47 Å². The van der Waals surface area contributed by atoms with Gasteiger partial charge in [0.2, 0.25) is 0 Å². The molecule has 4 heteroatoms. The highest BCUT2D eigenvalue weighted by molar-refractivity contribution is 5.45. The van der Waals surface area contributed by atoms with Crippen LogP contribution in [0.3, 0.4) is 0 Å². The van der Waals surface area contributed by atoms with Crippen LogP contribution in [0, 0.1) is 5.82 Å². The maximum absolute atomic E-state index is 13.1. The standard InChI is InChI=1S/C11H15FO3/c1-7(13)4-9-10(14-2)5-8(12)6-11(9)15-3/h5-7,13H,4H2,1-3H3. The lowest BCUT2D eigenvalue weighted by molar-refractivity contribution is 0.192. The topological polar surface area (TPSA) is 38.7 Å². The zero-order valence-electron chi connectivity index (χ0n) is 9.08. The smallest absolute Gasteiger partial charge is 0.130 e. The van der Waals surface area contributed by atoms with Crippen LogP contribution < -0.4 is 9.47 Å². The Morgan fingerprint density at radius 3 is 2.07 bits per heavy atom. The van der Waals surface area contributed by atoms with Crippen molar-refractivity contribution in [3.05, 3.63) is 23.5 Å². The van der Waals surface area contributed by atoms with Gasteiger partial charge in [-0.05, 0) is 6.92 Å². The van der Waals surface area contributed by atoms with Crippen LogP contribution in [-0.2, 0) is 6.42 Å². The fourth-order valence-corrected chi connectivity index (χ4v) is 1.45. The second-order valence-electron chi connectivity index (χ2n) is 3.34. The normalized spacial score (nSPS) is 12.3. The predicted molar refractivity (Wildman–Crippen MR) is 54.9 cm³/mol. The third-order valence-electron chi connectivity index (χ3n) is 2.07. The molecule has 0 saturated carbocycles. The van der Waals surface area contributed by atoms with Gasteiger partial charge in [-0.15, -0.1) is 0 Å². The lowest BCUT2D eigenvalue weighted by Crippen LogP contribution is -2.07. The lowest BCUT2D eigenvalue weighted by atomic mass is 10.1. The number of ether oxygens (including phenoxy) is 2. The molecule has 1 aromatic rings. The summed E-state index contributed by atoms with van der Waals surface area (Å²) in [5.41, 5.74) is 0.677. The molecule has 0 aliphatic carbocycles. The van der Waals surface area contributed by atoms with E-state index in [9.17, 15) is 9.50 Å². The summed E-state index contributed by atoms with van der Waals surface area (Å²) >= 11 is 0. The minimum Gasteiger partial charge on any atom is -0.496 e. The zero-order valence-corrected chi connectivity index (χ0v) is 9.08. The van der Waals surface area contributed by atoms with Crippen LogP contribution in [0.5, 0.6) is 11.5 Å². The number of aliphatic hydroxyl groups is 1. The van der Waals surface area contributed by atoms with E-state index in [0.29, 0.717) is 23.5 Å². The van der Waals surface area contributed by atoms with E-state index in [0.717, 1.165) is 0 Å². The van der Waals surface area contributed by atoms with Crippen molar-refractivity contribution < 1.29 is 19.0 Å². The second-order valence-corrected chi connectivity index (χ2v) is 3.34. The summed E-state index contributed by atoms with van der Waals surface area (Å²) in [4.78, 5) is 0. The number of rotatable bonds is 4. The van der Waals surface area contributed by atoms with Crippen molar-refractivity contribution in [1.29, 1.82) is 0 Å². The van der Waals surface area contributed by atoms with E-state index in [1.165, 1.54) is 26.4 Å². The minimum atomic E-state index is -0.529. The Balaban J connectivity index is 3.18. The molecule has 1 unspecified atom stereocenters. The Bertz CT molecular complexity index is 312. The molecule has 0 aliphatic heterocycles. The minimum absolute atomic E-state index is 0.368. The van der Waals surface area contributed by atoms with Crippen molar-refractivity contribution >= 4 is 0 Å². The van der Waals surface area contributed by atoms with Crippen molar-refractivity contribution in [1.82, 2.24) is 0 Å². The first kappa shape index (κ1) is 11.8. The molecule has 0 saturated heterocycles. The monoisotopic (exact) mass is 214 g/mol. The maximum Gasteiger partial charge on any atom is 0.130 e. The molecule has 84 valence electrons. The van der Waals surface area contributed by atoms with Crippen LogP contribution in [0.2, 0.25) is 0 Å². The summed E-state index contributed by atoms with van der Waals surface area (Å²) in [5, 5.41) is 9.31. The van der Waals surface area contributed by atoms with Crippen LogP contribution in [0.4, 0.5) is 4.39 Å².